The van der Waals surface area contributed by atoms with Crippen molar-refractivity contribution in [2.45, 2.75) is 45.6 Å². The Balaban J connectivity index is 1.52. The Morgan fingerprint density at radius 1 is 1.11 bits per heavy atom. The van der Waals surface area contributed by atoms with E-state index in [0.717, 1.165) is 30.1 Å². The highest BCUT2D eigenvalue weighted by atomic mass is 35.5. The molecule has 1 aliphatic rings. The molecular weight excluding hydrogens is 391 g/mol. The van der Waals surface area contributed by atoms with Crippen LogP contribution in [0.15, 0.2) is 42.5 Å². The quantitative estimate of drug-likeness (QED) is 0.619. The molecule has 0 aliphatic carbocycles. The number of carbonyl (C=O) groups is 1. The van der Waals surface area contributed by atoms with E-state index < -0.39 is 0 Å². The van der Waals surface area contributed by atoms with Crippen molar-refractivity contribution < 1.29 is 4.79 Å². The van der Waals surface area contributed by atoms with Crippen LogP contribution < -0.4 is 10.2 Å². The van der Waals surface area contributed by atoms with Gasteiger partial charge in [-0.2, -0.15) is 0 Å². The van der Waals surface area contributed by atoms with Gasteiger partial charge >= 0.3 is 0 Å². The molecule has 1 amide bonds. The molecule has 1 atom stereocenters. The summed E-state index contributed by atoms with van der Waals surface area (Å²) in [5, 5.41) is 4.29. The highest BCUT2D eigenvalue weighted by Crippen LogP contribution is 2.26. The summed E-state index contributed by atoms with van der Waals surface area (Å²) < 4.78 is 0. The molecule has 1 saturated heterocycles. The topological polar surface area (TPSA) is 32.3 Å². The summed E-state index contributed by atoms with van der Waals surface area (Å²) in [5.74, 6) is 0.823. The highest BCUT2D eigenvalue weighted by molar-refractivity contribution is 6.36. The summed E-state index contributed by atoms with van der Waals surface area (Å²) in [5.41, 5.74) is 3.20. The Kier molecular flexibility index (Phi) is 7.25. The highest BCUT2D eigenvalue weighted by Gasteiger charge is 2.17. The van der Waals surface area contributed by atoms with Gasteiger partial charge in [0.25, 0.3) is 0 Å². The maximum absolute atomic E-state index is 12.4. The van der Waals surface area contributed by atoms with Crippen molar-refractivity contribution in [1.82, 2.24) is 5.32 Å². The zero-order valence-electron chi connectivity index (χ0n) is 16.6. The van der Waals surface area contributed by atoms with Gasteiger partial charge in [0.1, 0.15) is 0 Å². The van der Waals surface area contributed by atoms with E-state index in [1.54, 1.807) is 12.1 Å². The number of anilines is 1. The van der Waals surface area contributed by atoms with Crippen molar-refractivity contribution in [1.29, 1.82) is 0 Å². The molecule has 1 aliphatic heterocycles. The molecule has 3 nitrogen and oxygen atoms in total. The lowest BCUT2D eigenvalue weighted by molar-refractivity contribution is -0.121. The van der Waals surface area contributed by atoms with Crippen molar-refractivity contribution in [2.75, 3.05) is 18.0 Å². The normalized spacial score (nSPS) is 16.1. The van der Waals surface area contributed by atoms with Gasteiger partial charge in [-0.05, 0) is 67.5 Å². The Bertz CT molecular complexity index is 778. The van der Waals surface area contributed by atoms with Gasteiger partial charge in [-0.1, -0.05) is 48.3 Å². The van der Waals surface area contributed by atoms with Gasteiger partial charge < -0.3 is 10.2 Å². The van der Waals surface area contributed by atoms with Crippen molar-refractivity contribution in [3.63, 3.8) is 0 Å². The van der Waals surface area contributed by atoms with Crippen LogP contribution in [0.4, 0.5) is 5.69 Å². The molecule has 0 radical (unpaired) electrons. The Hall–Kier alpha value is -1.71. The van der Waals surface area contributed by atoms with Gasteiger partial charge in [-0.15, -0.1) is 0 Å². The number of benzene rings is 2. The fourth-order valence-electron chi connectivity index (χ4n) is 3.65. The number of hydrogen-bond donors (Lipinski definition) is 1. The largest absolute Gasteiger partial charge is 0.372 e. The first kappa shape index (κ1) is 21.0. The van der Waals surface area contributed by atoms with E-state index >= 15 is 0 Å². The van der Waals surface area contributed by atoms with Crippen LogP contribution in [0.1, 0.15) is 50.3 Å². The first-order valence-corrected chi connectivity index (χ1v) is 10.8. The minimum atomic E-state index is -0.0374. The maximum atomic E-state index is 12.4. The second kappa shape index (κ2) is 9.67. The first-order chi connectivity index (χ1) is 13.4. The molecular formula is C23H28Cl2N2O. The zero-order chi connectivity index (χ0) is 20.1. The second-order valence-corrected chi connectivity index (χ2v) is 8.56. The van der Waals surface area contributed by atoms with Gasteiger partial charge in [-0.25, -0.2) is 0 Å². The molecule has 0 aromatic heterocycles. The molecule has 0 unspecified atom stereocenters. The van der Waals surface area contributed by atoms with Crippen LogP contribution in [0.2, 0.25) is 10.0 Å². The van der Waals surface area contributed by atoms with Crippen LogP contribution in [-0.4, -0.2) is 19.0 Å². The summed E-state index contributed by atoms with van der Waals surface area (Å²) in [6.45, 7) is 6.58. The Morgan fingerprint density at radius 3 is 2.32 bits per heavy atom. The van der Waals surface area contributed by atoms with E-state index in [1.165, 1.54) is 18.5 Å². The molecule has 2 aromatic rings. The second-order valence-electron chi connectivity index (χ2n) is 7.75. The molecule has 0 spiro atoms. The van der Waals surface area contributed by atoms with Crippen molar-refractivity contribution in [3.05, 3.63) is 63.6 Å². The minimum absolute atomic E-state index is 0.00224. The summed E-state index contributed by atoms with van der Waals surface area (Å²) in [6, 6.07) is 13.9. The number of hydrogen-bond acceptors (Lipinski definition) is 2. The van der Waals surface area contributed by atoms with Crippen LogP contribution >= 0.6 is 23.2 Å². The third kappa shape index (κ3) is 5.42. The Morgan fingerprint density at radius 2 is 1.71 bits per heavy atom. The third-order valence-corrected chi connectivity index (χ3v) is 6.29. The smallest absolute Gasteiger partial charge is 0.220 e. The van der Waals surface area contributed by atoms with Gasteiger partial charge in [-0.3, -0.25) is 4.79 Å². The fourth-order valence-corrected chi connectivity index (χ4v) is 4.23. The number of rotatable bonds is 6. The minimum Gasteiger partial charge on any atom is -0.372 e. The number of nitrogens with one attached hydrogen (secondary N) is 1. The third-order valence-electron chi connectivity index (χ3n) is 5.58. The van der Waals surface area contributed by atoms with E-state index in [2.05, 4.69) is 41.4 Å². The lowest BCUT2D eigenvalue weighted by Gasteiger charge is -2.32. The van der Waals surface area contributed by atoms with Crippen LogP contribution in [0.3, 0.4) is 0 Å². The average molecular weight is 419 g/mol. The molecule has 0 saturated carbocycles. The van der Waals surface area contributed by atoms with Crippen LogP contribution in [0.5, 0.6) is 0 Å². The van der Waals surface area contributed by atoms with E-state index in [-0.39, 0.29) is 11.9 Å². The molecule has 0 bridgehead atoms. The first-order valence-electron chi connectivity index (χ1n) is 10.0. The van der Waals surface area contributed by atoms with Gasteiger partial charge in [0.2, 0.25) is 5.91 Å². The number of halogens is 2. The maximum Gasteiger partial charge on any atom is 0.220 e. The molecule has 1 fully saturated rings. The predicted molar refractivity (Wildman–Crippen MR) is 118 cm³/mol. The van der Waals surface area contributed by atoms with Crippen molar-refractivity contribution in [2.24, 2.45) is 5.92 Å². The molecule has 1 N–H and O–H groups in total. The predicted octanol–water partition coefficient (Wildman–Crippen LogP) is 6.04. The number of nitrogens with zero attached hydrogens (tertiary/aromatic N) is 1. The van der Waals surface area contributed by atoms with Crippen LogP contribution in [0.25, 0.3) is 0 Å². The fraction of sp³-hybridized carbons (Fsp3) is 0.435. The van der Waals surface area contributed by atoms with E-state index in [9.17, 15) is 4.79 Å². The molecule has 28 heavy (non-hydrogen) atoms. The van der Waals surface area contributed by atoms with Gasteiger partial charge in [0, 0.05) is 35.2 Å². The van der Waals surface area contributed by atoms with E-state index in [4.69, 9.17) is 23.2 Å². The van der Waals surface area contributed by atoms with Crippen molar-refractivity contribution in [3.8, 4) is 0 Å². The number of carbonyl (C=O) groups excluding carboxylic acids is 1. The van der Waals surface area contributed by atoms with E-state index in [1.807, 2.05) is 13.0 Å². The SMILES string of the molecule is CC1CCN(c2ccc([C@@H](C)NC(=O)CCc3c(Cl)cccc3Cl)cc2)CC1. The molecule has 2 aromatic carbocycles. The zero-order valence-corrected chi connectivity index (χ0v) is 18.1. The lowest BCUT2D eigenvalue weighted by Crippen LogP contribution is -2.32. The van der Waals surface area contributed by atoms with E-state index in [0.29, 0.717) is 22.9 Å². The monoisotopic (exact) mass is 418 g/mol. The summed E-state index contributed by atoms with van der Waals surface area (Å²) in [6.07, 6.45) is 3.40. The summed E-state index contributed by atoms with van der Waals surface area (Å²) >= 11 is 12.4. The van der Waals surface area contributed by atoms with Crippen molar-refractivity contribution >= 4 is 34.8 Å². The summed E-state index contributed by atoms with van der Waals surface area (Å²) in [4.78, 5) is 14.8. The van der Waals surface area contributed by atoms with Gasteiger partial charge in [0.05, 0.1) is 6.04 Å². The average Bonchev–Trinajstić information content (AvgIpc) is 2.68. The van der Waals surface area contributed by atoms with Crippen LogP contribution in [0, 0.1) is 5.92 Å². The number of piperidine rings is 1. The standard InChI is InChI=1S/C23H28Cl2N2O/c1-16-12-14-27(15-13-16)19-8-6-18(7-9-19)17(2)26-23(28)11-10-20-21(24)4-3-5-22(20)25/h3-9,16-17H,10-15H2,1-2H3,(H,26,28)/t17-/m1/s1. The lowest BCUT2D eigenvalue weighted by atomic mass is 9.98. The Labute approximate surface area is 178 Å². The molecule has 5 heteroatoms. The molecule has 1 heterocycles. The molecule has 150 valence electrons. The van der Waals surface area contributed by atoms with Gasteiger partial charge in [0.15, 0.2) is 0 Å². The molecule has 3 rings (SSSR count). The van der Waals surface area contributed by atoms with Crippen LogP contribution in [-0.2, 0) is 11.2 Å². The summed E-state index contributed by atoms with van der Waals surface area (Å²) in [7, 11) is 0. The number of amides is 1.